The molecule has 208 valence electrons. The third kappa shape index (κ3) is 3.43. The van der Waals surface area contributed by atoms with Crippen molar-refractivity contribution in [1.82, 2.24) is 28.2 Å². The molecule has 8 nitrogen and oxygen atoms in total. The van der Waals surface area contributed by atoms with Crippen molar-refractivity contribution in [2.45, 2.75) is 6.92 Å². The second-order valence-corrected chi connectivity index (χ2v) is 10.8. The van der Waals surface area contributed by atoms with Crippen LogP contribution in [-0.4, -0.2) is 28.2 Å². The molecule has 0 saturated carbocycles. The van der Waals surface area contributed by atoms with Gasteiger partial charge in [0, 0.05) is 41.5 Å². The normalized spacial score (nSPS) is 11.8. The van der Waals surface area contributed by atoms with Gasteiger partial charge in [-0.25, -0.2) is 14.8 Å². The van der Waals surface area contributed by atoms with Crippen LogP contribution in [0.1, 0.15) is 5.56 Å². The summed E-state index contributed by atoms with van der Waals surface area (Å²) in [6.45, 7) is 2.08. The van der Waals surface area contributed by atoms with E-state index in [2.05, 4.69) is 99.9 Å². The molecule has 0 fully saturated rings. The minimum absolute atomic E-state index is 0.160. The monoisotopic (exact) mass is 562 g/mol. The highest BCUT2D eigenvalue weighted by molar-refractivity contribution is 6.22. The van der Waals surface area contributed by atoms with E-state index in [9.17, 15) is 9.59 Å². The Labute approximate surface area is 245 Å². The largest absolute Gasteiger partial charge is 0.332 e. The number of para-hydroxylation sites is 3. The maximum absolute atomic E-state index is 12.7. The average molecular weight is 563 g/mol. The van der Waals surface area contributed by atoms with Gasteiger partial charge in [0.25, 0.3) is 5.56 Å². The van der Waals surface area contributed by atoms with E-state index in [1.807, 2.05) is 18.2 Å². The molecule has 0 N–H and O–H groups in total. The quantitative estimate of drug-likeness (QED) is 0.263. The van der Waals surface area contributed by atoms with Gasteiger partial charge in [-0.05, 0) is 42.8 Å². The van der Waals surface area contributed by atoms with Crippen molar-refractivity contribution in [3.05, 3.63) is 130 Å². The zero-order valence-corrected chi connectivity index (χ0v) is 23.8. The smallest absolute Gasteiger partial charge is 0.295 e. The lowest BCUT2D eigenvalue weighted by Gasteiger charge is -2.17. The Morgan fingerprint density at radius 3 is 2.05 bits per heavy atom. The van der Waals surface area contributed by atoms with Crippen LogP contribution < -0.4 is 11.2 Å². The minimum atomic E-state index is -0.461. The molecule has 4 aromatic heterocycles. The molecular formula is C35H26N6O2. The minimum Gasteiger partial charge on any atom is -0.295 e. The van der Waals surface area contributed by atoms with Gasteiger partial charge in [-0.3, -0.25) is 23.1 Å². The predicted octanol–water partition coefficient (Wildman–Crippen LogP) is 6.04. The standard InChI is InChI=1S/C35H26N6O2/c1-21-23(26-20-36-31-32(37-26)38(2)35(43)39(3)34(31)42)16-11-19-27(21)41-29-18-10-8-15-25(29)30-24-14-7-9-17-28(24)40(33(30)41)22-12-5-4-6-13-22/h4-20H,1-3H3. The number of aromatic nitrogens is 6. The summed E-state index contributed by atoms with van der Waals surface area (Å²) in [5.74, 6) is 0. The van der Waals surface area contributed by atoms with E-state index in [-0.39, 0.29) is 11.2 Å². The summed E-state index contributed by atoms with van der Waals surface area (Å²) < 4.78 is 7.08. The molecule has 8 aromatic rings. The van der Waals surface area contributed by atoms with Gasteiger partial charge in [0.2, 0.25) is 0 Å². The van der Waals surface area contributed by atoms with Crippen molar-refractivity contribution in [3.63, 3.8) is 0 Å². The van der Waals surface area contributed by atoms with Gasteiger partial charge in [0.05, 0.1) is 28.6 Å². The van der Waals surface area contributed by atoms with Crippen molar-refractivity contribution in [2.24, 2.45) is 14.1 Å². The molecular weight excluding hydrogens is 536 g/mol. The molecule has 0 unspecified atom stereocenters. The summed E-state index contributed by atoms with van der Waals surface area (Å²) in [4.78, 5) is 34.6. The molecule has 8 rings (SSSR count). The first kappa shape index (κ1) is 25.0. The second-order valence-electron chi connectivity index (χ2n) is 10.8. The van der Waals surface area contributed by atoms with Gasteiger partial charge >= 0.3 is 5.69 Å². The molecule has 0 bridgehead atoms. The Hall–Kier alpha value is -5.76. The van der Waals surface area contributed by atoms with Crippen LogP contribution in [0.25, 0.3) is 66.6 Å². The molecule has 0 atom stereocenters. The van der Waals surface area contributed by atoms with Gasteiger partial charge in [0.1, 0.15) is 5.65 Å². The van der Waals surface area contributed by atoms with Crippen molar-refractivity contribution < 1.29 is 0 Å². The van der Waals surface area contributed by atoms with Gasteiger partial charge in [-0.1, -0.05) is 66.7 Å². The first-order valence-corrected chi connectivity index (χ1v) is 14.1. The molecule has 0 saturated heterocycles. The number of fused-ring (bicyclic) bond motifs is 6. The van der Waals surface area contributed by atoms with Crippen LogP contribution in [0.5, 0.6) is 0 Å². The van der Waals surface area contributed by atoms with Crippen LogP contribution in [-0.2, 0) is 14.1 Å². The van der Waals surface area contributed by atoms with E-state index in [4.69, 9.17) is 4.98 Å². The summed E-state index contributed by atoms with van der Waals surface area (Å²) in [5.41, 5.74) is 7.36. The summed E-state index contributed by atoms with van der Waals surface area (Å²) >= 11 is 0. The van der Waals surface area contributed by atoms with Crippen LogP contribution >= 0.6 is 0 Å². The van der Waals surface area contributed by atoms with Gasteiger partial charge in [-0.2, -0.15) is 0 Å². The van der Waals surface area contributed by atoms with Crippen LogP contribution in [0, 0.1) is 6.92 Å². The SMILES string of the molecule is Cc1c(-c2cnc3c(=O)n(C)c(=O)n(C)c3n2)cccc1-n1c2ccccc2c2c3ccccc3n(-c3ccccc3)c21. The van der Waals surface area contributed by atoms with E-state index in [0.717, 1.165) is 43.7 Å². The van der Waals surface area contributed by atoms with Gasteiger partial charge in [-0.15, -0.1) is 0 Å². The first-order valence-electron chi connectivity index (χ1n) is 14.1. The van der Waals surface area contributed by atoms with E-state index in [0.29, 0.717) is 5.69 Å². The lowest BCUT2D eigenvalue weighted by atomic mass is 10.0. The molecule has 8 heteroatoms. The molecule has 0 aliphatic heterocycles. The highest BCUT2D eigenvalue weighted by Gasteiger charge is 2.23. The fourth-order valence-corrected chi connectivity index (χ4v) is 6.38. The van der Waals surface area contributed by atoms with Crippen LogP contribution in [0.15, 0.2) is 113 Å². The van der Waals surface area contributed by atoms with Gasteiger partial charge < -0.3 is 0 Å². The molecule has 4 heterocycles. The highest BCUT2D eigenvalue weighted by atomic mass is 16.2. The fraction of sp³-hybridized carbons (Fsp3) is 0.0857. The topological polar surface area (TPSA) is 79.6 Å². The number of benzene rings is 4. The zero-order chi connectivity index (χ0) is 29.4. The highest BCUT2D eigenvalue weighted by Crippen LogP contribution is 2.41. The van der Waals surface area contributed by atoms with Crippen LogP contribution in [0.4, 0.5) is 0 Å². The summed E-state index contributed by atoms with van der Waals surface area (Å²) in [6.07, 6.45) is 1.62. The molecule has 0 aliphatic rings. The molecule has 0 radical (unpaired) electrons. The summed E-state index contributed by atoms with van der Waals surface area (Å²) in [7, 11) is 3.06. The van der Waals surface area contributed by atoms with Crippen molar-refractivity contribution in [1.29, 1.82) is 0 Å². The van der Waals surface area contributed by atoms with Crippen molar-refractivity contribution in [2.75, 3.05) is 0 Å². The van der Waals surface area contributed by atoms with E-state index in [1.54, 1.807) is 13.2 Å². The summed E-state index contributed by atoms with van der Waals surface area (Å²) in [6, 6.07) is 33.6. The van der Waals surface area contributed by atoms with Crippen LogP contribution in [0.3, 0.4) is 0 Å². The lowest BCUT2D eigenvalue weighted by molar-refractivity contribution is 0.704. The molecule has 0 amide bonds. The lowest BCUT2D eigenvalue weighted by Crippen LogP contribution is -2.37. The zero-order valence-electron chi connectivity index (χ0n) is 23.8. The molecule has 0 aliphatic carbocycles. The third-order valence-corrected chi connectivity index (χ3v) is 8.47. The van der Waals surface area contributed by atoms with E-state index < -0.39 is 11.2 Å². The predicted molar refractivity (Wildman–Crippen MR) is 171 cm³/mol. The number of hydrogen-bond donors (Lipinski definition) is 0. The average Bonchev–Trinajstić information content (AvgIpc) is 3.56. The Balaban J connectivity index is 1.47. The number of aryl methyl sites for hydroxylation is 1. The Morgan fingerprint density at radius 2 is 1.33 bits per heavy atom. The summed E-state index contributed by atoms with van der Waals surface area (Å²) in [5, 5.41) is 3.55. The molecule has 43 heavy (non-hydrogen) atoms. The van der Waals surface area contributed by atoms with Gasteiger partial charge in [0.15, 0.2) is 11.2 Å². The first-order chi connectivity index (χ1) is 21.0. The van der Waals surface area contributed by atoms with E-state index in [1.165, 1.54) is 27.8 Å². The molecule has 4 aromatic carbocycles. The van der Waals surface area contributed by atoms with Crippen molar-refractivity contribution in [3.8, 4) is 22.6 Å². The number of nitrogens with zero attached hydrogens (tertiary/aromatic N) is 6. The number of rotatable bonds is 3. The Kier molecular flexibility index (Phi) is 5.30. The maximum Gasteiger partial charge on any atom is 0.332 e. The molecule has 0 spiro atoms. The van der Waals surface area contributed by atoms with Crippen molar-refractivity contribution >= 4 is 44.0 Å². The number of hydrogen-bond acceptors (Lipinski definition) is 4. The second kappa shape index (κ2) is 9.12. The maximum atomic E-state index is 12.7. The Morgan fingerprint density at radius 1 is 0.674 bits per heavy atom. The fourth-order valence-electron chi connectivity index (χ4n) is 6.38. The van der Waals surface area contributed by atoms with Crippen LogP contribution in [0.2, 0.25) is 0 Å². The van der Waals surface area contributed by atoms with E-state index >= 15 is 0 Å². The third-order valence-electron chi connectivity index (χ3n) is 8.47. The Bertz CT molecular complexity index is 2530.